The third kappa shape index (κ3) is 3.71. The summed E-state index contributed by atoms with van der Waals surface area (Å²) in [4.78, 5) is 25.6. The van der Waals surface area contributed by atoms with E-state index in [1.165, 1.54) is 0 Å². The molecule has 5 heterocycles. The van der Waals surface area contributed by atoms with Gasteiger partial charge in [0.15, 0.2) is 5.65 Å². The molecule has 0 aromatic carbocycles. The van der Waals surface area contributed by atoms with Gasteiger partial charge in [-0.3, -0.25) is 0 Å². The van der Waals surface area contributed by atoms with E-state index in [0.717, 1.165) is 49.9 Å². The summed E-state index contributed by atoms with van der Waals surface area (Å²) in [6.45, 7) is 8.34. The van der Waals surface area contributed by atoms with Crippen LogP contribution >= 0.6 is 0 Å². The molecule has 2 saturated heterocycles. The first kappa shape index (κ1) is 20.1. The minimum absolute atomic E-state index is 0.256. The zero-order valence-corrected chi connectivity index (χ0v) is 18.4. The monoisotopic (exact) mass is 422 g/mol. The fourth-order valence-corrected chi connectivity index (χ4v) is 4.80. The van der Waals surface area contributed by atoms with E-state index >= 15 is 0 Å². The van der Waals surface area contributed by atoms with Gasteiger partial charge < -0.3 is 19.9 Å². The Hall–Kier alpha value is -2.81. The number of anilines is 2. The molecule has 3 aromatic heterocycles. The Balaban J connectivity index is 1.66. The van der Waals surface area contributed by atoms with Crippen molar-refractivity contribution in [3.63, 3.8) is 0 Å². The van der Waals surface area contributed by atoms with Gasteiger partial charge in [0, 0.05) is 19.1 Å². The summed E-state index contributed by atoms with van der Waals surface area (Å²) in [6, 6.07) is 0.323. The predicted octanol–water partition coefficient (Wildman–Crippen LogP) is 3.23. The van der Waals surface area contributed by atoms with E-state index < -0.39 is 0 Å². The molecule has 3 atom stereocenters. The van der Waals surface area contributed by atoms with Crippen LogP contribution < -0.4 is 10.6 Å². The number of fused-ring (bicyclic) bond motifs is 3. The van der Waals surface area contributed by atoms with Crippen molar-refractivity contribution in [2.45, 2.75) is 64.7 Å². The van der Waals surface area contributed by atoms with Gasteiger partial charge >= 0.3 is 0 Å². The highest BCUT2D eigenvalue weighted by molar-refractivity contribution is 5.87. The summed E-state index contributed by atoms with van der Waals surface area (Å²) in [7, 11) is 0. The average Bonchev–Trinajstić information content (AvgIpc) is 3.34. The molecule has 0 radical (unpaired) electrons. The van der Waals surface area contributed by atoms with Crippen LogP contribution in [0.25, 0.3) is 22.6 Å². The third-order valence-electron chi connectivity index (χ3n) is 6.36. The van der Waals surface area contributed by atoms with Gasteiger partial charge in [-0.1, -0.05) is 27.2 Å². The highest BCUT2D eigenvalue weighted by atomic mass is 16.5. The summed E-state index contributed by atoms with van der Waals surface area (Å²) < 4.78 is 8.24. The Morgan fingerprint density at radius 3 is 2.52 bits per heavy atom. The van der Waals surface area contributed by atoms with Crippen LogP contribution in [-0.2, 0) is 4.74 Å². The molecule has 9 heteroatoms. The molecule has 0 saturated carbocycles. The first-order valence-corrected chi connectivity index (χ1v) is 11.3. The second-order valence-corrected chi connectivity index (χ2v) is 8.99. The first-order valence-electron chi connectivity index (χ1n) is 11.3. The lowest BCUT2D eigenvalue weighted by atomic mass is 9.99. The molecule has 3 aromatic rings. The molecule has 5 rings (SSSR count). The number of aromatic nitrogens is 6. The number of ether oxygens (including phenoxy) is 1. The molecule has 164 valence electrons. The molecule has 0 aliphatic carbocycles. The molecule has 0 spiro atoms. The van der Waals surface area contributed by atoms with Gasteiger partial charge in [0.05, 0.1) is 30.9 Å². The predicted molar refractivity (Wildman–Crippen MR) is 120 cm³/mol. The van der Waals surface area contributed by atoms with Crippen LogP contribution in [0.5, 0.6) is 0 Å². The summed E-state index contributed by atoms with van der Waals surface area (Å²) in [5.74, 6) is 1.56. The van der Waals surface area contributed by atoms with Crippen LogP contribution in [0, 0.1) is 5.92 Å². The second kappa shape index (κ2) is 8.03. The average molecular weight is 423 g/mol. The van der Waals surface area contributed by atoms with Crippen LogP contribution in [0.15, 0.2) is 18.7 Å². The first-order chi connectivity index (χ1) is 15.0. The number of nitrogens with zero attached hydrogens (tertiary/aromatic N) is 7. The molecule has 3 unspecified atom stereocenters. The number of imidazole rings is 1. The summed E-state index contributed by atoms with van der Waals surface area (Å²) in [5, 5.41) is 0. The van der Waals surface area contributed by atoms with Gasteiger partial charge in [-0.05, 0) is 25.2 Å². The SMILES string of the molecule is CCCC(C(C)C)n1cnc2c(-c3cnc(N)cn3)nc(N3CC4CCC(C3)O4)nc21. The Labute approximate surface area is 182 Å². The van der Waals surface area contributed by atoms with Crippen molar-refractivity contribution in [2.24, 2.45) is 5.92 Å². The largest absolute Gasteiger partial charge is 0.382 e. The molecule has 2 N–H and O–H groups in total. The lowest BCUT2D eigenvalue weighted by Crippen LogP contribution is -2.43. The van der Waals surface area contributed by atoms with Crippen LogP contribution in [0.4, 0.5) is 11.8 Å². The van der Waals surface area contributed by atoms with E-state index in [1.807, 2.05) is 6.33 Å². The van der Waals surface area contributed by atoms with Crippen molar-refractivity contribution in [3.05, 3.63) is 18.7 Å². The van der Waals surface area contributed by atoms with Gasteiger partial charge in [-0.2, -0.15) is 4.98 Å². The van der Waals surface area contributed by atoms with E-state index in [9.17, 15) is 0 Å². The molecule has 31 heavy (non-hydrogen) atoms. The van der Waals surface area contributed by atoms with Gasteiger partial charge in [0.1, 0.15) is 22.7 Å². The number of hydrogen-bond acceptors (Lipinski definition) is 8. The van der Waals surface area contributed by atoms with Crippen molar-refractivity contribution in [2.75, 3.05) is 23.7 Å². The van der Waals surface area contributed by atoms with Crippen molar-refractivity contribution < 1.29 is 4.74 Å². The molecule has 2 bridgehead atoms. The lowest BCUT2D eigenvalue weighted by molar-refractivity contribution is 0.0299. The Morgan fingerprint density at radius 1 is 1.10 bits per heavy atom. The van der Waals surface area contributed by atoms with Crippen LogP contribution in [0.2, 0.25) is 0 Å². The Bertz CT molecular complexity index is 1050. The normalized spacial score (nSPS) is 21.9. The Kier molecular flexibility index (Phi) is 5.21. The molecule has 2 aliphatic heterocycles. The maximum Gasteiger partial charge on any atom is 0.228 e. The van der Waals surface area contributed by atoms with Crippen LogP contribution in [0.3, 0.4) is 0 Å². The standard InChI is InChI=1S/C22H30N8O/c1-4-5-17(13(2)3)30-12-26-20-19(16-8-25-18(23)9-24-16)27-22(28-21(20)30)29-10-14-6-7-15(11-29)31-14/h8-9,12-15,17H,4-7,10-11H2,1-3H3,(H2,23,25). The van der Waals surface area contributed by atoms with Gasteiger partial charge in [0.25, 0.3) is 0 Å². The van der Waals surface area contributed by atoms with Gasteiger partial charge in [-0.25, -0.2) is 19.9 Å². The molecule has 2 aliphatic rings. The molecular weight excluding hydrogens is 392 g/mol. The highest BCUT2D eigenvalue weighted by Crippen LogP contribution is 2.33. The van der Waals surface area contributed by atoms with Crippen LogP contribution in [-0.4, -0.2) is 54.8 Å². The minimum atomic E-state index is 0.256. The minimum Gasteiger partial charge on any atom is -0.382 e. The van der Waals surface area contributed by atoms with E-state index in [2.05, 4.69) is 40.2 Å². The Morgan fingerprint density at radius 2 is 1.87 bits per heavy atom. The maximum absolute atomic E-state index is 6.02. The smallest absolute Gasteiger partial charge is 0.228 e. The summed E-state index contributed by atoms with van der Waals surface area (Å²) in [5.41, 5.74) is 8.72. The topological polar surface area (TPSA) is 108 Å². The molecule has 2 fully saturated rings. The van der Waals surface area contributed by atoms with Gasteiger partial charge in [-0.15, -0.1) is 0 Å². The zero-order valence-electron chi connectivity index (χ0n) is 18.4. The van der Waals surface area contributed by atoms with E-state index in [-0.39, 0.29) is 12.2 Å². The summed E-state index contributed by atoms with van der Waals surface area (Å²) in [6.07, 6.45) is 10.0. The fraction of sp³-hybridized carbons (Fsp3) is 0.591. The summed E-state index contributed by atoms with van der Waals surface area (Å²) >= 11 is 0. The van der Waals surface area contributed by atoms with Crippen LogP contribution in [0.1, 0.15) is 52.5 Å². The number of morpholine rings is 1. The molecule has 0 amide bonds. The second-order valence-electron chi connectivity index (χ2n) is 8.99. The van der Waals surface area contributed by atoms with Crippen molar-refractivity contribution in [1.29, 1.82) is 0 Å². The molecule has 9 nitrogen and oxygen atoms in total. The lowest BCUT2D eigenvalue weighted by Gasteiger charge is -2.32. The van der Waals surface area contributed by atoms with E-state index in [0.29, 0.717) is 35.1 Å². The van der Waals surface area contributed by atoms with Crippen molar-refractivity contribution in [3.8, 4) is 11.4 Å². The van der Waals surface area contributed by atoms with Crippen molar-refractivity contribution in [1.82, 2.24) is 29.5 Å². The number of nitrogen functional groups attached to an aromatic ring is 1. The van der Waals surface area contributed by atoms with E-state index in [1.54, 1.807) is 12.4 Å². The maximum atomic E-state index is 6.02. The quantitative estimate of drug-likeness (QED) is 0.645. The fourth-order valence-electron chi connectivity index (χ4n) is 4.80. The molecular formula is C22H30N8O. The van der Waals surface area contributed by atoms with Crippen molar-refractivity contribution >= 4 is 22.9 Å². The number of rotatable bonds is 6. The van der Waals surface area contributed by atoms with E-state index in [4.69, 9.17) is 25.4 Å². The number of nitrogens with two attached hydrogens (primary N) is 1. The zero-order chi connectivity index (χ0) is 21.5. The highest BCUT2D eigenvalue weighted by Gasteiger charge is 2.35. The number of hydrogen-bond donors (Lipinski definition) is 1. The third-order valence-corrected chi connectivity index (χ3v) is 6.36. The van der Waals surface area contributed by atoms with Gasteiger partial charge in [0.2, 0.25) is 5.95 Å².